The molecule has 0 radical (unpaired) electrons. The normalized spacial score (nSPS) is 11.8. The lowest BCUT2D eigenvalue weighted by Gasteiger charge is -2.24. The second kappa shape index (κ2) is 15.7. The lowest BCUT2D eigenvalue weighted by molar-refractivity contribution is 0.591. The van der Waals surface area contributed by atoms with E-state index in [1.54, 1.807) is 0 Å². The molecule has 8 aromatic carbocycles. The fraction of sp³-hybridized carbons (Fsp3) is 0. The smallest absolute Gasteiger partial charge is 0.171 e. The number of nitrogens with zero attached hydrogens (tertiary/aromatic N) is 2. The summed E-state index contributed by atoms with van der Waals surface area (Å²) in [5, 5.41) is 8.58. The molecule has 0 unspecified atom stereocenters. The van der Waals surface area contributed by atoms with Crippen molar-refractivity contribution in [3.63, 3.8) is 0 Å². The predicted octanol–water partition coefficient (Wildman–Crippen LogP) is 11.1. The van der Waals surface area contributed by atoms with Crippen LogP contribution in [0, 0.1) is 0 Å². The quantitative estimate of drug-likeness (QED) is 0.136. The van der Waals surface area contributed by atoms with Gasteiger partial charge in [0, 0.05) is 65.5 Å². The van der Waals surface area contributed by atoms with E-state index in [1.807, 2.05) is 194 Å². The zero-order valence-corrected chi connectivity index (χ0v) is 34.3. The summed E-state index contributed by atoms with van der Waals surface area (Å²) in [6.07, 6.45) is 1.84. The lowest BCUT2D eigenvalue weighted by atomic mass is 9.98. The van der Waals surface area contributed by atoms with E-state index < -0.39 is 14.3 Å². The number of fused-ring (bicyclic) bond motifs is 2. The van der Waals surface area contributed by atoms with Crippen LogP contribution >= 0.6 is 14.3 Å². The number of aromatic nitrogens is 2. The Morgan fingerprint density at radius 2 is 0.800 bits per heavy atom. The molecule has 0 aliphatic heterocycles. The third-order valence-corrected chi connectivity index (χ3v) is 17.5. The molecule has 0 saturated carbocycles. The first-order valence-corrected chi connectivity index (χ1v) is 23.4. The van der Waals surface area contributed by atoms with E-state index in [2.05, 4.69) is 36.4 Å². The van der Waals surface area contributed by atoms with Gasteiger partial charge in [-0.3, -0.25) is 4.98 Å². The average molecular weight is 809 g/mol. The predicted molar refractivity (Wildman–Crippen MR) is 252 cm³/mol. The molecule has 286 valence electrons. The topological polar surface area (TPSA) is 59.9 Å². The molecule has 2 aromatic heterocycles. The third kappa shape index (κ3) is 6.52. The van der Waals surface area contributed by atoms with Crippen LogP contribution in [0.15, 0.2) is 231 Å². The van der Waals surface area contributed by atoms with Crippen LogP contribution < -0.4 is 31.8 Å². The molecule has 0 fully saturated rings. The molecule has 0 bridgehead atoms. The molecule has 0 amide bonds. The summed E-state index contributed by atoms with van der Waals surface area (Å²) in [4.78, 5) is 10.4. The van der Waals surface area contributed by atoms with E-state index >= 15 is 9.13 Å². The summed E-state index contributed by atoms with van der Waals surface area (Å²) >= 11 is 0. The van der Waals surface area contributed by atoms with Crippen LogP contribution in [0.1, 0.15) is 0 Å². The first-order valence-electron chi connectivity index (χ1n) is 19.9. The maximum Gasteiger partial charge on any atom is 0.171 e. The van der Waals surface area contributed by atoms with Gasteiger partial charge in [0.15, 0.2) is 14.3 Å². The van der Waals surface area contributed by atoms with Gasteiger partial charge in [-0.15, -0.1) is 0 Å². The summed E-state index contributed by atoms with van der Waals surface area (Å²) < 4.78 is 31.5. The monoisotopic (exact) mass is 808 g/mol. The fourth-order valence-electron chi connectivity index (χ4n) is 8.32. The Morgan fingerprint density at radius 3 is 1.37 bits per heavy atom. The average Bonchev–Trinajstić information content (AvgIpc) is 3.34. The lowest BCUT2D eigenvalue weighted by Crippen LogP contribution is -2.26. The molecular formula is C54H38N2O2P2. The van der Waals surface area contributed by atoms with Gasteiger partial charge in [-0.25, -0.2) is 4.98 Å². The van der Waals surface area contributed by atoms with Gasteiger partial charge in [0.05, 0.1) is 17.1 Å². The molecule has 6 heteroatoms. The van der Waals surface area contributed by atoms with Crippen molar-refractivity contribution in [1.82, 2.24) is 9.97 Å². The van der Waals surface area contributed by atoms with Crippen LogP contribution in [0.5, 0.6) is 0 Å². The van der Waals surface area contributed by atoms with Crippen molar-refractivity contribution in [2.24, 2.45) is 0 Å². The summed E-state index contributed by atoms with van der Waals surface area (Å²) in [6.45, 7) is 0. The Morgan fingerprint density at radius 1 is 0.350 bits per heavy atom. The Hall–Kier alpha value is -6.96. The van der Waals surface area contributed by atoms with Crippen molar-refractivity contribution < 1.29 is 9.13 Å². The van der Waals surface area contributed by atoms with Gasteiger partial charge in [-0.2, -0.15) is 0 Å². The highest BCUT2D eigenvalue weighted by Crippen LogP contribution is 2.47. The van der Waals surface area contributed by atoms with Crippen LogP contribution in [0.25, 0.3) is 55.3 Å². The van der Waals surface area contributed by atoms with Crippen molar-refractivity contribution in [2.45, 2.75) is 0 Å². The van der Waals surface area contributed by atoms with E-state index in [9.17, 15) is 0 Å². The van der Waals surface area contributed by atoms with Crippen LogP contribution in [0.3, 0.4) is 0 Å². The van der Waals surface area contributed by atoms with E-state index in [0.717, 1.165) is 76.1 Å². The summed E-state index contributed by atoms with van der Waals surface area (Å²) in [6, 6.07) is 73.8. The second-order valence-corrected chi connectivity index (χ2v) is 20.3. The first kappa shape index (κ1) is 37.3. The minimum atomic E-state index is -3.46. The van der Waals surface area contributed by atoms with Gasteiger partial charge in [-0.05, 0) is 35.0 Å². The molecule has 0 N–H and O–H groups in total. The zero-order chi connectivity index (χ0) is 40.5. The second-order valence-electron chi connectivity index (χ2n) is 14.8. The summed E-state index contributed by atoms with van der Waals surface area (Å²) in [7, 11) is -6.65. The van der Waals surface area contributed by atoms with Gasteiger partial charge < -0.3 is 9.13 Å². The van der Waals surface area contributed by atoms with E-state index in [4.69, 9.17) is 9.97 Å². The molecule has 10 aromatic rings. The molecule has 0 spiro atoms. The third-order valence-electron chi connectivity index (χ3n) is 11.3. The largest absolute Gasteiger partial charge is 0.309 e. The van der Waals surface area contributed by atoms with Gasteiger partial charge in [0.2, 0.25) is 0 Å². The van der Waals surface area contributed by atoms with Gasteiger partial charge in [0.1, 0.15) is 0 Å². The zero-order valence-electron chi connectivity index (χ0n) is 32.5. The Labute approximate surface area is 349 Å². The van der Waals surface area contributed by atoms with Gasteiger partial charge in [-0.1, -0.05) is 200 Å². The van der Waals surface area contributed by atoms with Crippen molar-refractivity contribution in [3.05, 3.63) is 231 Å². The summed E-state index contributed by atoms with van der Waals surface area (Å²) in [5.41, 5.74) is 4.85. The molecule has 2 heterocycles. The highest BCUT2D eigenvalue weighted by molar-refractivity contribution is 7.85. The van der Waals surface area contributed by atoms with E-state index in [0.29, 0.717) is 11.0 Å². The van der Waals surface area contributed by atoms with Crippen LogP contribution in [0.2, 0.25) is 0 Å². The molecule has 0 atom stereocenters. The van der Waals surface area contributed by atoms with Gasteiger partial charge in [0.25, 0.3) is 0 Å². The minimum absolute atomic E-state index is 0.691. The van der Waals surface area contributed by atoms with Crippen molar-refractivity contribution >= 4 is 67.7 Å². The number of hydrogen-bond acceptors (Lipinski definition) is 4. The van der Waals surface area contributed by atoms with Gasteiger partial charge >= 0.3 is 0 Å². The fourth-order valence-corrected chi connectivity index (χ4v) is 13.8. The van der Waals surface area contributed by atoms with Crippen molar-refractivity contribution in [1.29, 1.82) is 0 Å². The Kier molecular flexibility index (Phi) is 9.74. The van der Waals surface area contributed by atoms with E-state index in [-0.39, 0.29) is 0 Å². The molecular weight excluding hydrogens is 771 g/mol. The first-order chi connectivity index (χ1) is 29.5. The molecule has 0 aliphatic rings. The number of benzene rings is 8. The molecule has 0 saturated heterocycles. The number of rotatable bonds is 9. The van der Waals surface area contributed by atoms with Crippen molar-refractivity contribution in [3.8, 4) is 33.8 Å². The molecule has 4 nitrogen and oxygen atoms in total. The van der Waals surface area contributed by atoms with Crippen LogP contribution in [-0.2, 0) is 9.13 Å². The molecule has 0 aliphatic carbocycles. The maximum atomic E-state index is 16.2. The van der Waals surface area contributed by atoms with E-state index in [1.165, 1.54) is 0 Å². The maximum absolute atomic E-state index is 16.2. The number of hydrogen-bond donors (Lipinski definition) is 0. The van der Waals surface area contributed by atoms with Crippen molar-refractivity contribution in [2.75, 3.05) is 0 Å². The highest BCUT2D eigenvalue weighted by Gasteiger charge is 2.34. The molecule has 10 rings (SSSR count). The molecule has 60 heavy (non-hydrogen) atoms. The summed E-state index contributed by atoms with van der Waals surface area (Å²) in [5.74, 6) is 0. The Bertz CT molecular complexity index is 3160. The Balaban J connectivity index is 1.21. The highest BCUT2D eigenvalue weighted by atomic mass is 31.2. The standard InChI is InChI=1S/C54H38N2O2P2/c57-59(43-19-5-1-6-20-43,44-21-7-2-8-22-44)47-32-29-40(30-33-47)54-49-28-16-14-18-41(49)38-51(56-54)50-37-42(53-48-27-15-13-17-39(48)35-36-55-53)31-34-52(50)60(58,45-23-9-3-10-24-45)46-25-11-4-12-26-46/h1-38H. The van der Waals surface area contributed by atoms with Crippen LogP contribution in [-0.4, -0.2) is 9.97 Å². The minimum Gasteiger partial charge on any atom is -0.309 e. The van der Waals surface area contributed by atoms with Crippen LogP contribution in [0.4, 0.5) is 0 Å². The number of pyridine rings is 2. The SMILES string of the molecule is O=P(c1ccccc1)(c1ccccc1)c1ccc(-c2nc(-c3cc(-c4nccc5ccccc45)ccc3P(=O)(c3ccccc3)c3ccccc3)cc3ccccc23)cc1.